The number of imidazole rings is 2. The molecule has 6 aromatic heterocycles. The highest BCUT2D eigenvalue weighted by Crippen LogP contribution is 2.45. The summed E-state index contributed by atoms with van der Waals surface area (Å²) in [5.74, 6) is 0.457. The van der Waals surface area contributed by atoms with Crippen molar-refractivity contribution in [2.45, 2.75) is 62.0 Å². The highest BCUT2D eigenvalue weighted by Gasteiger charge is 2.35. The highest BCUT2D eigenvalue weighted by atomic mass is 35.5. The minimum Gasteiger partial charge on any atom is -0.391 e. The van der Waals surface area contributed by atoms with Gasteiger partial charge < -0.3 is 23.0 Å². The molecule has 6 heterocycles. The molecule has 0 aliphatic heterocycles. The van der Waals surface area contributed by atoms with Crippen LogP contribution in [0.5, 0.6) is 0 Å². The molecular weight excluding hydrogens is 827 g/mol. The maximum atomic E-state index is 12.6. The van der Waals surface area contributed by atoms with E-state index in [-0.39, 0.29) is 47.4 Å². The number of aryl methyl sites for hydroxylation is 2. The molecule has 2 aliphatic carbocycles. The van der Waals surface area contributed by atoms with Crippen LogP contribution in [0.4, 0.5) is 0 Å². The normalized spacial score (nSPS) is 18.4. The number of aromatic amines is 1. The van der Waals surface area contributed by atoms with E-state index in [9.17, 15) is 19.2 Å². The molecule has 304 valence electrons. The zero-order valence-electron chi connectivity index (χ0n) is 31.5. The molecule has 1 N–H and O–H groups in total. The van der Waals surface area contributed by atoms with Crippen LogP contribution in [0.1, 0.15) is 72.5 Å². The lowest BCUT2D eigenvalue weighted by molar-refractivity contribution is 0.233. The molecule has 0 amide bonds. The fraction of sp³-hybridized carbons (Fsp3) is 0.316. The van der Waals surface area contributed by atoms with Crippen molar-refractivity contribution in [1.82, 2.24) is 58.2 Å². The van der Waals surface area contributed by atoms with Crippen LogP contribution in [0.25, 0.3) is 22.3 Å². The van der Waals surface area contributed by atoms with E-state index in [0.717, 1.165) is 30.7 Å². The third-order valence-electron chi connectivity index (χ3n) is 10.5. The van der Waals surface area contributed by atoms with Gasteiger partial charge in [0.05, 0.1) is 31.1 Å². The summed E-state index contributed by atoms with van der Waals surface area (Å²) in [4.78, 5) is 66.1. The second-order valence-corrected chi connectivity index (χ2v) is 15.4. The van der Waals surface area contributed by atoms with Gasteiger partial charge in [-0.15, -0.1) is 21.8 Å². The first-order valence-corrected chi connectivity index (χ1v) is 19.7. The largest absolute Gasteiger partial charge is 0.437 e. The van der Waals surface area contributed by atoms with Crippen molar-refractivity contribution in [2.24, 2.45) is 14.1 Å². The number of aromatic nitrogens is 12. The summed E-state index contributed by atoms with van der Waals surface area (Å²) >= 11 is 17.4. The van der Waals surface area contributed by atoms with E-state index in [1.54, 1.807) is 29.6 Å². The number of H-pyrrole nitrogens is 1. The fourth-order valence-corrected chi connectivity index (χ4v) is 7.51. The summed E-state index contributed by atoms with van der Waals surface area (Å²) in [6.45, 7) is 0.0303. The molecule has 0 unspecified atom stereocenters. The third-order valence-corrected chi connectivity index (χ3v) is 11.2. The smallest absolute Gasteiger partial charge is 0.391 e. The summed E-state index contributed by atoms with van der Waals surface area (Å²) < 4.78 is 17.6. The van der Waals surface area contributed by atoms with Crippen LogP contribution in [-0.4, -0.2) is 58.2 Å². The van der Waals surface area contributed by atoms with Crippen LogP contribution in [0, 0.1) is 0 Å². The van der Waals surface area contributed by atoms with Gasteiger partial charge >= 0.3 is 11.5 Å². The van der Waals surface area contributed by atoms with Gasteiger partial charge in [0.15, 0.2) is 22.3 Å². The standard InChI is InChI=1S/C19H17ClN6O3.C13H12Cl2N2O2.C6H6N4O/c1-24-9-21-17-16(24)18(27)25(10-22-17)8-15-23-26(19(28)29-15)14-6-12(7-14)11-2-4-13(20)5-3-11;14-7-12-16-17(13(18)19-12)11-5-9(6-11)8-1-3-10(15)4-2-8;1-10-3-9-5-4(10)6(11)8-2-7-5/h2-5,9-10,12,14H,6-8H2,1H3;1-4,9,11H,5-7H2;2-3H,1H3,(H,7,8,11). The van der Waals surface area contributed by atoms with E-state index in [1.165, 1.54) is 44.0 Å². The first-order valence-electron chi connectivity index (χ1n) is 18.4. The average molecular weight is 862 g/mol. The minimum absolute atomic E-state index is 0.0184. The number of benzene rings is 2. The van der Waals surface area contributed by atoms with Crippen LogP contribution < -0.4 is 22.6 Å². The molecule has 0 radical (unpaired) electrons. The van der Waals surface area contributed by atoms with E-state index in [2.05, 4.69) is 35.1 Å². The van der Waals surface area contributed by atoms with Gasteiger partial charge in [0, 0.05) is 24.1 Å². The highest BCUT2D eigenvalue weighted by molar-refractivity contribution is 6.30. The van der Waals surface area contributed by atoms with E-state index in [0.29, 0.717) is 39.2 Å². The van der Waals surface area contributed by atoms with E-state index >= 15 is 0 Å². The van der Waals surface area contributed by atoms with Gasteiger partial charge in [-0.05, 0) is 72.9 Å². The van der Waals surface area contributed by atoms with E-state index < -0.39 is 11.5 Å². The minimum atomic E-state index is -0.512. The van der Waals surface area contributed by atoms with Gasteiger partial charge in [0.1, 0.15) is 18.8 Å². The maximum absolute atomic E-state index is 12.6. The van der Waals surface area contributed by atoms with Crippen LogP contribution in [0.2, 0.25) is 10.0 Å². The lowest BCUT2D eigenvalue weighted by Crippen LogP contribution is -2.31. The third kappa shape index (κ3) is 8.28. The average Bonchev–Trinajstić information content (AvgIpc) is 3.96. The van der Waals surface area contributed by atoms with E-state index in [1.807, 2.05) is 48.5 Å². The summed E-state index contributed by atoms with van der Waals surface area (Å²) in [6.07, 6.45) is 9.20. The number of nitrogens with zero attached hydrogens (tertiary/aromatic N) is 11. The zero-order valence-corrected chi connectivity index (χ0v) is 33.8. The monoisotopic (exact) mass is 860 g/mol. The van der Waals surface area contributed by atoms with Gasteiger partial charge in [-0.2, -0.15) is 9.36 Å². The van der Waals surface area contributed by atoms with Crippen molar-refractivity contribution in [2.75, 3.05) is 0 Å². The molecular formula is C38H35Cl3N12O6. The first-order chi connectivity index (χ1) is 28.4. The number of hydrogen-bond donors (Lipinski definition) is 1. The molecule has 0 spiro atoms. The van der Waals surface area contributed by atoms with E-state index in [4.69, 9.17) is 43.6 Å². The Kier molecular flexibility index (Phi) is 11.2. The molecule has 0 saturated heterocycles. The molecule has 2 fully saturated rings. The molecule has 8 aromatic rings. The first kappa shape index (κ1) is 39.7. The molecule has 10 rings (SSSR count). The van der Waals surface area contributed by atoms with Gasteiger partial charge in [-0.1, -0.05) is 47.5 Å². The lowest BCUT2D eigenvalue weighted by Gasteiger charge is -2.34. The number of nitrogens with one attached hydrogen (secondary N) is 1. The van der Waals surface area contributed by atoms with Crippen molar-refractivity contribution in [1.29, 1.82) is 0 Å². The Hall–Kier alpha value is -6.11. The number of hydrogen-bond acceptors (Lipinski definition) is 12. The predicted octanol–water partition coefficient (Wildman–Crippen LogP) is 5.10. The van der Waals surface area contributed by atoms with Crippen LogP contribution in [0.15, 0.2) is 102 Å². The molecule has 59 heavy (non-hydrogen) atoms. The summed E-state index contributed by atoms with van der Waals surface area (Å²) in [7, 11) is 3.48. The predicted molar refractivity (Wildman–Crippen MR) is 217 cm³/mol. The Morgan fingerprint density at radius 1 is 0.661 bits per heavy atom. The summed E-state index contributed by atoms with van der Waals surface area (Å²) in [5.41, 5.74) is 3.78. The molecule has 2 aliphatic rings. The Bertz CT molecular complexity index is 2980. The van der Waals surface area contributed by atoms with Gasteiger partial charge in [-0.25, -0.2) is 29.5 Å². The van der Waals surface area contributed by atoms with Gasteiger partial charge in [0.25, 0.3) is 11.1 Å². The Labute approximate surface area is 347 Å². The summed E-state index contributed by atoms with van der Waals surface area (Å²) in [5, 5.41) is 9.82. The topological polar surface area (TPSA) is 212 Å². The second-order valence-electron chi connectivity index (χ2n) is 14.3. The molecule has 2 saturated carbocycles. The Balaban J connectivity index is 0.000000137. The number of fused-ring (bicyclic) bond motifs is 2. The van der Waals surface area contributed by atoms with Crippen LogP contribution in [0.3, 0.4) is 0 Å². The fourth-order valence-electron chi connectivity index (χ4n) is 7.15. The van der Waals surface area contributed by atoms with Crippen molar-refractivity contribution in [3.05, 3.63) is 149 Å². The Morgan fingerprint density at radius 2 is 1.14 bits per heavy atom. The van der Waals surface area contributed by atoms with Crippen molar-refractivity contribution < 1.29 is 8.83 Å². The number of rotatable bonds is 7. The van der Waals surface area contributed by atoms with Crippen molar-refractivity contribution in [3.63, 3.8) is 0 Å². The van der Waals surface area contributed by atoms with Crippen molar-refractivity contribution >= 4 is 57.1 Å². The Morgan fingerprint density at radius 3 is 1.64 bits per heavy atom. The second kappa shape index (κ2) is 16.6. The zero-order chi connectivity index (χ0) is 41.4. The summed E-state index contributed by atoms with van der Waals surface area (Å²) in [6, 6.07) is 15.7. The van der Waals surface area contributed by atoms with Crippen LogP contribution >= 0.6 is 34.8 Å². The number of halogens is 3. The number of alkyl halides is 1. The van der Waals surface area contributed by atoms with Gasteiger partial charge in [-0.3, -0.25) is 14.2 Å². The lowest BCUT2D eigenvalue weighted by atomic mass is 9.76. The van der Waals surface area contributed by atoms with Crippen LogP contribution in [-0.2, 0) is 26.5 Å². The van der Waals surface area contributed by atoms with Crippen molar-refractivity contribution in [3.8, 4) is 0 Å². The SMILES string of the molecule is Cn1cnc2nc[nH]c(=O)c21.Cn1cnc2ncn(Cc3nn(C4CC(c5ccc(Cl)cc5)C4)c(=O)o3)c(=O)c21.O=c1oc(CCl)nn1C1CC(c2ccc(Cl)cc2)C1. The molecule has 18 nitrogen and oxygen atoms in total. The molecule has 2 aromatic carbocycles. The molecule has 0 bridgehead atoms. The van der Waals surface area contributed by atoms with Gasteiger partial charge in [0.2, 0.25) is 11.8 Å². The quantitative estimate of drug-likeness (QED) is 0.207. The molecule has 0 atom stereocenters. The molecule has 21 heteroatoms. The maximum Gasteiger partial charge on any atom is 0.437 e.